The van der Waals surface area contributed by atoms with Crippen LogP contribution in [0.5, 0.6) is 0 Å². The number of hydrogen-bond acceptors (Lipinski definition) is 0. The highest BCUT2D eigenvalue weighted by molar-refractivity contribution is 4.93. The van der Waals surface area contributed by atoms with Crippen LogP contribution in [-0.2, 0) is 0 Å². The second kappa shape index (κ2) is 2.75. The molecule has 0 spiro atoms. The molecular formula is C12H22. The summed E-state index contributed by atoms with van der Waals surface area (Å²) in [7, 11) is 0. The summed E-state index contributed by atoms with van der Waals surface area (Å²) in [5.41, 5.74) is 0.565. The van der Waals surface area contributed by atoms with Crippen molar-refractivity contribution >= 4 is 0 Å². The van der Waals surface area contributed by atoms with E-state index in [2.05, 4.69) is 20.8 Å². The molecule has 0 saturated heterocycles. The largest absolute Gasteiger partial charge is 0.0602 e. The maximum atomic E-state index is 2.39. The van der Waals surface area contributed by atoms with Gasteiger partial charge in [0.1, 0.15) is 0 Å². The molecule has 0 aromatic rings. The van der Waals surface area contributed by atoms with Crippen molar-refractivity contribution in [3.8, 4) is 0 Å². The van der Waals surface area contributed by atoms with Gasteiger partial charge in [0, 0.05) is 0 Å². The molecule has 0 aromatic heterocycles. The number of rotatable bonds is 1. The van der Waals surface area contributed by atoms with Crippen molar-refractivity contribution in [3.05, 3.63) is 0 Å². The zero-order valence-corrected chi connectivity index (χ0v) is 8.77. The van der Waals surface area contributed by atoms with Crippen LogP contribution < -0.4 is 0 Å². The van der Waals surface area contributed by atoms with Crippen molar-refractivity contribution in [3.63, 3.8) is 0 Å². The zero-order chi connectivity index (χ0) is 8.77. The predicted octanol–water partition coefficient (Wildman–Crippen LogP) is 3.86. The Balaban J connectivity index is 1.97. The third-order valence-electron chi connectivity index (χ3n) is 3.88. The van der Waals surface area contributed by atoms with Crippen LogP contribution in [0.2, 0.25) is 0 Å². The van der Waals surface area contributed by atoms with Gasteiger partial charge in [-0.25, -0.2) is 0 Å². The Morgan fingerprint density at radius 1 is 0.917 bits per heavy atom. The third kappa shape index (κ3) is 1.53. The molecule has 0 unspecified atom stereocenters. The molecule has 2 saturated carbocycles. The highest BCUT2D eigenvalue weighted by Crippen LogP contribution is 2.52. The standard InChI is InChI=1S/C12H22/c1-12(2,3)8-11-9-4-5-10(11)7-6-9/h9-11H,4-8H2,1-3H3. The average molecular weight is 166 g/mol. The molecule has 0 amide bonds. The Hall–Kier alpha value is 0. The first-order chi connectivity index (χ1) is 5.56. The summed E-state index contributed by atoms with van der Waals surface area (Å²) in [6.07, 6.45) is 7.66. The van der Waals surface area contributed by atoms with E-state index in [1.807, 2.05) is 0 Å². The molecule has 2 aliphatic rings. The van der Waals surface area contributed by atoms with Gasteiger partial charge in [-0.15, -0.1) is 0 Å². The second-order valence-corrected chi connectivity index (χ2v) is 6.10. The van der Waals surface area contributed by atoms with Gasteiger partial charge in [0.15, 0.2) is 0 Å². The van der Waals surface area contributed by atoms with E-state index in [1.54, 1.807) is 25.7 Å². The zero-order valence-electron chi connectivity index (χ0n) is 8.77. The molecule has 0 atom stereocenters. The highest BCUT2D eigenvalue weighted by atomic mass is 14.5. The topological polar surface area (TPSA) is 0 Å². The molecule has 70 valence electrons. The molecule has 2 fully saturated rings. The van der Waals surface area contributed by atoms with Crippen LogP contribution in [0.3, 0.4) is 0 Å². The Labute approximate surface area is 76.7 Å². The van der Waals surface area contributed by atoms with Crippen molar-refractivity contribution in [1.29, 1.82) is 0 Å². The Bertz CT molecular complexity index is 143. The van der Waals surface area contributed by atoms with E-state index in [0.29, 0.717) is 5.41 Å². The predicted molar refractivity (Wildman–Crippen MR) is 53.0 cm³/mol. The van der Waals surface area contributed by atoms with E-state index in [4.69, 9.17) is 0 Å². The minimum Gasteiger partial charge on any atom is -0.0602 e. The number of fused-ring (bicyclic) bond motifs is 2. The van der Waals surface area contributed by atoms with E-state index in [0.717, 1.165) is 17.8 Å². The van der Waals surface area contributed by atoms with Crippen molar-refractivity contribution in [1.82, 2.24) is 0 Å². The molecule has 0 heterocycles. The van der Waals surface area contributed by atoms with E-state index in [1.165, 1.54) is 6.42 Å². The first-order valence-electron chi connectivity index (χ1n) is 5.56. The highest BCUT2D eigenvalue weighted by Gasteiger charge is 2.42. The smallest absolute Gasteiger partial charge is 0.0352 e. The summed E-state index contributed by atoms with van der Waals surface area (Å²) in [5.74, 6) is 3.34. The fraction of sp³-hybridized carbons (Fsp3) is 1.00. The molecule has 2 bridgehead atoms. The molecule has 0 N–H and O–H groups in total. The molecule has 2 aliphatic carbocycles. The minimum atomic E-state index is 0.565. The molecule has 12 heavy (non-hydrogen) atoms. The van der Waals surface area contributed by atoms with Crippen molar-refractivity contribution in [2.75, 3.05) is 0 Å². The van der Waals surface area contributed by atoms with Gasteiger partial charge in [0.25, 0.3) is 0 Å². The normalized spacial score (nSPS) is 40.8. The van der Waals surface area contributed by atoms with Gasteiger partial charge < -0.3 is 0 Å². The van der Waals surface area contributed by atoms with E-state index < -0.39 is 0 Å². The minimum absolute atomic E-state index is 0.565. The van der Waals surface area contributed by atoms with E-state index in [-0.39, 0.29) is 0 Å². The van der Waals surface area contributed by atoms with Crippen molar-refractivity contribution < 1.29 is 0 Å². The Morgan fingerprint density at radius 3 is 1.67 bits per heavy atom. The molecular weight excluding hydrogens is 144 g/mol. The quantitative estimate of drug-likeness (QED) is 0.555. The van der Waals surface area contributed by atoms with Crippen molar-refractivity contribution in [2.24, 2.45) is 23.2 Å². The van der Waals surface area contributed by atoms with Crippen LogP contribution in [0.4, 0.5) is 0 Å². The SMILES string of the molecule is CC(C)(C)CC1C2CCC1CC2. The summed E-state index contributed by atoms with van der Waals surface area (Å²) in [6.45, 7) is 7.18. The van der Waals surface area contributed by atoms with Crippen LogP contribution in [-0.4, -0.2) is 0 Å². The number of hydrogen-bond donors (Lipinski definition) is 0. The Morgan fingerprint density at radius 2 is 1.33 bits per heavy atom. The van der Waals surface area contributed by atoms with Crippen LogP contribution in [0.15, 0.2) is 0 Å². The molecule has 0 aliphatic heterocycles. The van der Waals surface area contributed by atoms with Gasteiger partial charge in [0.05, 0.1) is 0 Å². The van der Waals surface area contributed by atoms with Crippen LogP contribution in [0, 0.1) is 23.2 Å². The van der Waals surface area contributed by atoms with Gasteiger partial charge in [0.2, 0.25) is 0 Å². The summed E-state index contributed by atoms with van der Waals surface area (Å²) >= 11 is 0. The van der Waals surface area contributed by atoms with Gasteiger partial charge >= 0.3 is 0 Å². The lowest BCUT2D eigenvalue weighted by Crippen LogP contribution is -2.16. The van der Waals surface area contributed by atoms with E-state index in [9.17, 15) is 0 Å². The Kier molecular flexibility index (Phi) is 1.97. The van der Waals surface area contributed by atoms with E-state index >= 15 is 0 Å². The second-order valence-electron chi connectivity index (χ2n) is 6.10. The van der Waals surface area contributed by atoms with Crippen LogP contribution >= 0.6 is 0 Å². The molecule has 0 aromatic carbocycles. The first-order valence-corrected chi connectivity index (χ1v) is 5.56. The lowest BCUT2D eigenvalue weighted by Gasteiger charge is -2.25. The van der Waals surface area contributed by atoms with Crippen molar-refractivity contribution in [2.45, 2.75) is 52.9 Å². The van der Waals surface area contributed by atoms with Gasteiger partial charge in [-0.1, -0.05) is 20.8 Å². The van der Waals surface area contributed by atoms with Crippen LogP contribution in [0.1, 0.15) is 52.9 Å². The maximum Gasteiger partial charge on any atom is -0.0352 e. The molecule has 0 radical (unpaired) electrons. The fourth-order valence-electron chi connectivity index (χ4n) is 3.43. The van der Waals surface area contributed by atoms with Gasteiger partial charge in [-0.2, -0.15) is 0 Å². The lowest BCUT2D eigenvalue weighted by molar-refractivity contribution is 0.247. The molecule has 2 rings (SSSR count). The van der Waals surface area contributed by atoms with Crippen LogP contribution in [0.25, 0.3) is 0 Å². The first kappa shape index (κ1) is 8.59. The summed E-state index contributed by atoms with van der Waals surface area (Å²) < 4.78 is 0. The average Bonchev–Trinajstić information content (AvgIpc) is 2.46. The third-order valence-corrected chi connectivity index (χ3v) is 3.88. The summed E-state index contributed by atoms with van der Waals surface area (Å²) in [6, 6.07) is 0. The molecule has 0 nitrogen and oxygen atoms in total. The monoisotopic (exact) mass is 166 g/mol. The fourth-order valence-corrected chi connectivity index (χ4v) is 3.43. The summed E-state index contributed by atoms with van der Waals surface area (Å²) in [4.78, 5) is 0. The maximum absolute atomic E-state index is 2.39. The summed E-state index contributed by atoms with van der Waals surface area (Å²) in [5, 5.41) is 0. The molecule has 0 heteroatoms. The van der Waals surface area contributed by atoms with Gasteiger partial charge in [-0.3, -0.25) is 0 Å². The van der Waals surface area contributed by atoms with Gasteiger partial charge in [-0.05, 0) is 55.3 Å². The lowest BCUT2D eigenvalue weighted by atomic mass is 9.80.